The number of nitrogens with one attached hydrogen (secondary N) is 1. The molecule has 0 radical (unpaired) electrons. The third kappa shape index (κ3) is 4.61. The van der Waals surface area contributed by atoms with E-state index >= 15 is 0 Å². The van der Waals surface area contributed by atoms with E-state index in [9.17, 15) is 4.79 Å². The van der Waals surface area contributed by atoms with Crippen LogP contribution in [0.15, 0.2) is 18.2 Å². The van der Waals surface area contributed by atoms with Crippen molar-refractivity contribution in [3.8, 4) is 11.5 Å². The maximum Gasteiger partial charge on any atom is 0.251 e. The summed E-state index contributed by atoms with van der Waals surface area (Å²) in [5.74, 6) is 0.925. The van der Waals surface area contributed by atoms with Crippen molar-refractivity contribution in [2.24, 2.45) is 5.73 Å². The second kappa shape index (κ2) is 7.21. The van der Waals surface area contributed by atoms with Crippen LogP contribution in [0.25, 0.3) is 0 Å². The Balaban J connectivity index is 0.00000324. The van der Waals surface area contributed by atoms with Crippen molar-refractivity contribution in [3.05, 3.63) is 23.8 Å². The maximum atomic E-state index is 12.0. The summed E-state index contributed by atoms with van der Waals surface area (Å²) in [6, 6.07) is 5.02. The average molecular weight is 289 g/mol. The lowest BCUT2D eigenvalue weighted by molar-refractivity contribution is 0.0915. The zero-order valence-corrected chi connectivity index (χ0v) is 12.5. The number of carbonyl (C=O) groups excluding carboxylic acids is 1. The molecule has 0 fully saturated rings. The smallest absolute Gasteiger partial charge is 0.251 e. The predicted octanol–water partition coefficient (Wildman–Crippen LogP) is 1.59. The Morgan fingerprint density at radius 3 is 2.32 bits per heavy atom. The molecule has 0 saturated heterocycles. The lowest BCUT2D eigenvalue weighted by Crippen LogP contribution is -2.48. The van der Waals surface area contributed by atoms with Crippen LogP contribution in [0, 0.1) is 0 Å². The summed E-state index contributed by atoms with van der Waals surface area (Å²) in [6.07, 6.45) is 0. The van der Waals surface area contributed by atoms with Gasteiger partial charge < -0.3 is 20.5 Å². The van der Waals surface area contributed by atoms with Crippen LogP contribution < -0.4 is 20.5 Å². The SMILES string of the molecule is COc1ccc(C(=O)NC(C)(C)CN)cc1OC.Cl. The van der Waals surface area contributed by atoms with Gasteiger partial charge in [0.15, 0.2) is 11.5 Å². The molecule has 108 valence electrons. The van der Waals surface area contributed by atoms with Crippen LogP contribution in [0.3, 0.4) is 0 Å². The van der Waals surface area contributed by atoms with Gasteiger partial charge in [-0.1, -0.05) is 0 Å². The van der Waals surface area contributed by atoms with Crippen LogP contribution in [-0.4, -0.2) is 32.2 Å². The number of benzene rings is 1. The number of hydrogen-bond acceptors (Lipinski definition) is 4. The molecular formula is C13H21ClN2O3. The van der Waals surface area contributed by atoms with Crippen LogP contribution in [0.4, 0.5) is 0 Å². The van der Waals surface area contributed by atoms with Gasteiger partial charge in [0.05, 0.1) is 14.2 Å². The number of hydrogen-bond donors (Lipinski definition) is 2. The second-order valence-corrected chi connectivity index (χ2v) is 4.61. The fourth-order valence-electron chi connectivity index (χ4n) is 1.41. The molecule has 19 heavy (non-hydrogen) atoms. The van der Waals surface area contributed by atoms with Crippen LogP contribution >= 0.6 is 12.4 Å². The van der Waals surface area contributed by atoms with E-state index in [2.05, 4.69) is 5.32 Å². The largest absolute Gasteiger partial charge is 0.493 e. The van der Waals surface area contributed by atoms with Gasteiger partial charge >= 0.3 is 0 Å². The van der Waals surface area contributed by atoms with E-state index in [1.54, 1.807) is 25.3 Å². The molecule has 1 aromatic rings. The summed E-state index contributed by atoms with van der Waals surface area (Å²) in [4.78, 5) is 12.0. The first-order valence-electron chi connectivity index (χ1n) is 5.68. The fraction of sp³-hybridized carbons (Fsp3) is 0.462. The molecule has 6 heteroatoms. The van der Waals surface area contributed by atoms with Gasteiger partial charge in [0.1, 0.15) is 0 Å². The topological polar surface area (TPSA) is 73.6 Å². The minimum Gasteiger partial charge on any atom is -0.493 e. The van der Waals surface area contributed by atoms with Crippen molar-refractivity contribution >= 4 is 18.3 Å². The first-order chi connectivity index (χ1) is 8.43. The van der Waals surface area contributed by atoms with E-state index in [4.69, 9.17) is 15.2 Å². The highest BCUT2D eigenvalue weighted by Crippen LogP contribution is 2.27. The van der Waals surface area contributed by atoms with Crippen LogP contribution in [0.2, 0.25) is 0 Å². The molecule has 0 atom stereocenters. The van der Waals surface area contributed by atoms with E-state index in [0.717, 1.165) is 0 Å². The van der Waals surface area contributed by atoms with Gasteiger partial charge in [0, 0.05) is 17.6 Å². The molecule has 1 aromatic carbocycles. The highest BCUT2D eigenvalue weighted by atomic mass is 35.5. The number of rotatable bonds is 5. The summed E-state index contributed by atoms with van der Waals surface area (Å²) in [7, 11) is 3.08. The molecule has 0 bridgehead atoms. The third-order valence-corrected chi connectivity index (χ3v) is 2.61. The minimum absolute atomic E-state index is 0. The quantitative estimate of drug-likeness (QED) is 0.863. The van der Waals surface area contributed by atoms with Gasteiger partial charge in [-0.15, -0.1) is 12.4 Å². The van der Waals surface area contributed by atoms with Crippen molar-refractivity contribution < 1.29 is 14.3 Å². The van der Waals surface area contributed by atoms with Crippen molar-refractivity contribution in [3.63, 3.8) is 0 Å². The second-order valence-electron chi connectivity index (χ2n) is 4.61. The van der Waals surface area contributed by atoms with Crippen molar-refractivity contribution in [2.45, 2.75) is 19.4 Å². The molecule has 0 unspecified atom stereocenters. The molecule has 0 heterocycles. The number of halogens is 1. The summed E-state index contributed by atoms with van der Waals surface area (Å²) in [5, 5.41) is 2.85. The first kappa shape index (κ1) is 17.5. The normalized spacial score (nSPS) is 10.4. The molecule has 0 aliphatic heterocycles. The maximum absolute atomic E-state index is 12.0. The highest BCUT2D eigenvalue weighted by molar-refractivity contribution is 5.95. The standard InChI is InChI=1S/C13H20N2O3.ClH/c1-13(2,8-14)15-12(16)9-5-6-10(17-3)11(7-9)18-4;/h5-7H,8,14H2,1-4H3,(H,15,16);1H. The fourth-order valence-corrected chi connectivity index (χ4v) is 1.41. The van der Waals surface area contributed by atoms with Gasteiger partial charge in [-0.25, -0.2) is 0 Å². The Hall–Kier alpha value is -1.46. The zero-order chi connectivity index (χ0) is 13.8. The Bertz CT molecular complexity index is 436. The van der Waals surface area contributed by atoms with E-state index in [0.29, 0.717) is 23.6 Å². The molecule has 0 aliphatic rings. The Morgan fingerprint density at radius 1 is 1.26 bits per heavy atom. The Morgan fingerprint density at radius 2 is 1.84 bits per heavy atom. The highest BCUT2D eigenvalue weighted by Gasteiger charge is 2.20. The van der Waals surface area contributed by atoms with Crippen molar-refractivity contribution in [1.82, 2.24) is 5.32 Å². The Kier molecular flexibility index (Phi) is 6.65. The third-order valence-electron chi connectivity index (χ3n) is 2.61. The van der Waals surface area contributed by atoms with Gasteiger partial charge in [0.2, 0.25) is 0 Å². The molecule has 0 spiro atoms. The first-order valence-corrected chi connectivity index (χ1v) is 5.68. The number of ether oxygens (including phenoxy) is 2. The minimum atomic E-state index is -0.440. The van der Waals surface area contributed by atoms with E-state index < -0.39 is 5.54 Å². The summed E-state index contributed by atoms with van der Waals surface area (Å²) < 4.78 is 10.3. The van der Waals surface area contributed by atoms with Gasteiger partial charge in [-0.05, 0) is 32.0 Å². The number of amides is 1. The monoisotopic (exact) mass is 288 g/mol. The molecule has 5 nitrogen and oxygen atoms in total. The van der Waals surface area contributed by atoms with Crippen LogP contribution in [0.1, 0.15) is 24.2 Å². The molecule has 0 aliphatic carbocycles. The van der Waals surface area contributed by atoms with E-state index in [1.807, 2.05) is 13.8 Å². The molecule has 0 aromatic heterocycles. The summed E-state index contributed by atoms with van der Waals surface area (Å²) in [5.41, 5.74) is 5.64. The summed E-state index contributed by atoms with van der Waals surface area (Å²) in [6.45, 7) is 4.10. The summed E-state index contributed by atoms with van der Waals surface area (Å²) >= 11 is 0. The van der Waals surface area contributed by atoms with Gasteiger partial charge in [-0.2, -0.15) is 0 Å². The molecule has 1 rings (SSSR count). The number of methoxy groups -OCH3 is 2. The number of carbonyl (C=O) groups is 1. The van der Waals surface area contributed by atoms with Crippen molar-refractivity contribution in [2.75, 3.05) is 20.8 Å². The van der Waals surface area contributed by atoms with E-state index in [-0.39, 0.29) is 18.3 Å². The number of nitrogens with two attached hydrogens (primary N) is 1. The van der Waals surface area contributed by atoms with Gasteiger partial charge in [-0.3, -0.25) is 4.79 Å². The van der Waals surface area contributed by atoms with Gasteiger partial charge in [0.25, 0.3) is 5.91 Å². The molecular weight excluding hydrogens is 268 g/mol. The lowest BCUT2D eigenvalue weighted by atomic mass is 10.1. The molecule has 3 N–H and O–H groups in total. The van der Waals surface area contributed by atoms with Crippen molar-refractivity contribution in [1.29, 1.82) is 0 Å². The van der Waals surface area contributed by atoms with E-state index in [1.165, 1.54) is 7.11 Å². The predicted molar refractivity (Wildman–Crippen MR) is 77.4 cm³/mol. The average Bonchev–Trinajstić information content (AvgIpc) is 2.37. The zero-order valence-electron chi connectivity index (χ0n) is 11.6. The Labute approximate surface area is 119 Å². The lowest BCUT2D eigenvalue weighted by Gasteiger charge is -2.24. The van der Waals surface area contributed by atoms with Crippen LogP contribution in [-0.2, 0) is 0 Å². The van der Waals surface area contributed by atoms with Crippen LogP contribution in [0.5, 0.6) is 11.5 Å². The molecule has 0 saturated carbocycles. The molecule has 1 amide bonds.